The van der Waals surface area contributed by atoms with Crippen LogP contribution in [0.25, 0.3) is 28.1 Å². The summed E-state index contributed by atoms with van der Waals surface area (Å²) in [7, 11) is -2.68. The van der Waals surface area contributed by atoms with Gasteiger partial charge in [0.15, 0.2) is 5.88 Å². The monoisotopic (exact) mass is 639 g/mol. The molecule has 0 unspecified atom stereocenters. The fourth-order valence-corrected chi connectivity index (χ4v) is 8.18. The third kappa shape index (κ3) is 4.67. The summed E-state index contributed by atoms with van der Waals surface area (Å²) in [5.41, 5.74) is 10.3. The number of carbonyl (C=O) groups excluding carboxylic acids is 1. The molecule has 4 aromatic rings. The van der Waals surface area contributed by atoms with Crippen molar-refractivity contribution in [2.24, 2.45) is 11.7 Å². The van der Waals surface area contributed by atoms with Crippen molar-refractivity contribution in [1.82, 2.24) is 23.8 Å². The first-order valence-corrected chi connectivity index (χ1v) is 17.3. The number of nitrogens with zero attached hydrogens (tertiary/aromatic N) is 6. The molecule has 4 aromatic heterocycles. The van der Waals surface area contributed by atoms with Crippen molar-refractivity contribution in [3.63, 3.8) is 0 Å². The van der Waals surface area contributed by atoms with Crippen LogP contribution < -0.4 is 14.8 Å². The number of pyridine rings is 2. The molecule has 45 heavy (non-hydrogen) atoms. The third-order valence-corrected chi connectivity index (χ3v) is 10.9. The molecule has 11 nitrogen and oxygen atoms in total. The predicted molar refractivity (Wildman–Crippen MR) is 164 cm³/mol. The molecule has 2 saturated heterocycles. The number of carbonyl (C=O) groups is 1. The number of alkyl halides is 2. The highest BCUT2D eigenvalue weighted by molar-refractivity contribution is 7.92. The average Bonchev–Trinajstić information content (AvgIpc) is 3.87. The van der Waals surface area contributed by atoms with Crippen molar-refractivity contribution in [3.05, 3.63) is 41.6 Å². The van der Waals surface area contributed by atoms with Gasteiger partial charge in [0, 0.05) is 47.6 Å². The molecule has 0 radical (unpaired) electrons. The van der Waals surface area contributed by atoms with Gasteiger partial charge < -0.3 is 19.9 Å². The van der Waals surface area contributed by atoms with Crippen molar-refractivity contribution >= 4 is 38.4 Å². The zero-order valence-corrected chi connectivity index (χ0v) is 25.9. The van der Waals surface area contributed by atoms with E-state index < -0.39 is 16.6 Å². The molecular weight excluding hydrogens is 604 g/mol. The number of fused-ring (bicyclic) bond motifs is 4. The second kappa shape index (κ2) is 10.1. The number of nitrogens with two attached hydrogens (primary N) is 1. The second-order valence-electron chi connectivity index (χ2n) is 13.0. The van der Waals surface area contributed by atoms with Crippen LogP contribution >= 0.6 is 0 Å². The number of hydrogen-bond donors (Lipinski definition) is 1. The Hall–Kier alpha value is -3.78. The van der Waals surface area contributed by atoms with Crippen molar-refractivity contribution in [1.29, 1.82) is 0 Å². The van der Waals surface area contributed by atoms with E-state index in [1.54, 1.807) is 19.2 Å². The van der Waals surface area contributed by atoms with E-state index in [1.807, 2.05) is 26.0 Å². The molecule has 0 aromatic carbocycles. The first-order valence-electron chi connectivity index (χ1n) is 15.5. The van der Waals surface area contributed by atoms with Crippen molar-refractivity contribution < 1.29 is 26.7 Å². The standard InChI is InChI=1S/C31H35F2N7O4S/c1-44-26-13-19(30(41)38-20-8-9-22(38)21(34)14-20)12-25-35-27(28(39(25)26)17-5-6-17)23-11-18-7-10-24(40(31(32)33)45(2,42)43)36-29(18)37(23)15-16-3-4-16/h7,10-13,16-17,20-22,31H,3-6,8-9,14-15,34H2,1-2H3/t20-,21+,22+/m0/s1. The Balaban J connectivity index is 1.29. The van der Waals surface area contributed by atoms with Crippen molar-refractivity contribution in [2.75, 3.05) is 17.7 Å². The summed E-state index contributed by atoms with van der Waals surface area (Å²) < 4.78 is 62.2. The number of methoxy groups -OCH3 is 1. The van der Waals surface area contributed by atoms with E-state index in [4.69, 9.17) is 15.5 Å². The molecule has 238 valence electrons. The highest BCUT2D eigenvalue weighted by atomic mass is 32.2. The smallest absolute Gasteiger partial charge is 0.329 e. The van der Waals surface area contributed by atoms with E-state index in [-0.39, 0.29) is 40.1 Å². The fourth-order valence-electron chi connectivity index (χ4n) is 7.45. The number of imidazole rings is 1. The van der Waals surface area contributed by atoms with E-state index in [2.05, 4.69) is 4.98 Å². The van der Waals surface area contributed by atoms with Crippen LogP contribution in [0.15, 0.2) is 30.3 Å². The SMILES string of the molecule is COc1cc(C(=O)N2[C@H]3CC[C@@H]2[C@H](N)C3)cc2nc(-c3cc4ccc(N(C(F)F)S(C)(=O)=O)nc4n3CC3CC3)c(C3CC3)n12. The zero-order valence-electron chi connectivity index (χ0n) is 25.1. The minimum absolute atomic E-state index is 0.00876. The average molecular weight is 640 g/mol. The molecule has 1 amide bonds. The predicted octanol–water partition coefficient (Wildman–Crippen LogP) is 4.34. The Labute approximate surface area is 259 Å². The molecular formula is C31H35F2N7O4S. The van der Waals surface area contributed by atoms with Crippen LogP contribution in [-0.2, 0) is 16.6 Å². The molecule has 2 aliphatic heterocycles. The van der Waals surface area contributed by atoms with E-state index in [0.717, 1.165) is 68.3 Å². The number of amides is 1. The lowest BCUT2D eigenvalue weighted by Gasteiger charge is -2.23. The Morgan fingerprint density at radius 3 is 2.49 bits per heavy atom. The summed E-state index contributed by atoms with van der Waals surface area (Å²) in [6.45, 7) is -2.67. The maximum atomic E-state index is 13.9. The van der Waals surface area contributed by atoms with Gasteiger partial charge in [0.1, 0.15) is 22.8 Å². The zero-order chi connectivity index (χ0) is 31.4. The largest absolute Gasteiger partial charge is 0.482 e. The summed E-state index contributed by atoms with van der Waals surface area (Å²) in [5, 5.41) is 0.694. The molecule has 0 spiro atoms. The first-order chi connectivity index (χ1) is 21.5. The minimum atomic E-state index is -4.27. The maximum absolute atomic E-state index is 13.9. The van der Waals surface area contributed by atoms with Crippen LogP contribution in [0.3, 0.4) is 0 Å². The van der Waals surface area contributed by atoms with E-state index in [1.165, 1.54) is 6.07 Å². The second-order valence-corrected chi connectivity index (χ2v) is 14.9. The molecule has 2 N–H and O–H groups in total. The van der Waals surface area contributed by atoms with Crippen LogP contribution in [0.4, 0.5) is 14.6 Å². The van der Waals surface area contributed by atoms with Crippen LogP contribution in [0.2, 0.25) is 0 Å². The number of sulfonamides is 1. The number of hydrogen-bond acceptors (Lipinski definition) is 7. The van der Waals surface area contributed by atoms with Gasteiger partial charge in [0.05, 0.1) is 24.8 Å². The van der Waals surface area contributed by atoms with Gasteiger partial charge >= 0.3 is 6.55 Å². The van der Waals surface area contributed by atoms with Crippen molar-refractivity contribution in [2.45, 2.75) is 82.1 Å². The highest BCUT2D eigenvalue weighted by Gasteiger charge is 2.47. The Kier molecular flexibility index (Phi) is 6.44. The number of ether oxygens (including phenoxy) is 1. The van der Waals surface area contributed by atoms with Gasteiger partial charge in [0.2, 0.25) is 10.0 Å². The first kappa shape index (κ1) is 28.7. The van der Waals surface area contributed by atoms with Crippen LogP contribution in [0.1, 0.15) is 66.9 Å². The van der Waals surface area contributed by atoms with Crippen LogP contribution in [-0.4, -0.2) is 76.2 Å². The van der Waals surface area contributed by atoms with Gasteiger partial charge in [-0.25, -0.2) is 18.4 Å². The van der Waals surface area contributed by atoms with Gasteiger partial charge in [-0.05, 0) is 75.1 Å². The summed E-state index contributed by atoms with van der Waals surface area (Å²) >= 11 is 0. The van der Waals surface area contributed by atoms with Gasteiger partial charge in [-0.1, -0.05) is 0 Å². The van der Waals surface area contributed by atoms with Gasteiger partial charge in [-0.15, -0.1) is 0 Å². The maximum Gasteiger partial charge on any atom is 0.329 e. The van der Waals surface area contributed by atoms with E-state index in [0.29, 0.717) is 40.6 Å². The molecule has 4 aliphatic rings. The van der Waals surface area contributed by atoms with Crippen LogP contribution in [0.5, 0.6) is 5.88 Å². The van der Waals surface area contributed by atoms with E-state index >= 15 is 0 Å². The molecule has 3 atom stereocenters. The van der Waals surface area contributed by atoms with Crippen LogP contribution in [0, 0.1) is 5.92 Å². The summed E-state index contributed by atoms with van der Waals surface area (Å²) in [4.78, 5) is 25.4. The lowest BCUT2D eigenvalue weighted by Crippen LogP contribution is -2.40. The third-order valence-electron chi connectivity index (χ3n) is 9.83. The topological polar surface area (TPSA) is 128 Å². The van der Waals surface area contributed by atoms with Gasteiger partial charge in [-0.2, -0.15) is 13.1 Å². The Bertz CT molecular complexity index is 1970. The molecule has 2 bridgehead atoms. The number of halogens is 2. The molecule has 2 saturated carbocycles. The normalized spacial score (nSPS) is 23.2. The number of aromatic nitrogens is 4. The lowest BCUT2D eigenvalue weighted by molar-refractivity contribution is 0.0726. The summed E-state index contributed by atoms with van der Waals surface area (Å²) in [6.07, 6.45) is 7.45. The Morgan fingerprint density at radius 1 is 1.11 bits per heavy atom. The summed E-state index contributed by atoms with van der Waals surface area (Å²) in [6, 6.07) is 8.67. The quantitative estimate of drug-likeness (QED) is 0.270. The fraction of sp³-hybridized carbons (Fsp3) is 0.516. The molecule has 6 heterocycles. The van der Waals surface area contributed by atoms with E-state index in [9.17, 15) is 22.0 Å². The van der Waals surface area contributed by atoms with Crippen molar-refractivity contribution in [3.8, 4) is 17.3 Å². The lowest BCUT2D eigenvalue weighted by atomic mass is 9.97. The molecule has 4 fully saturated rings. The molecule has 2 aliphatic carbocycles. The summed E-state index contributed by atoms with van der Waals surface area (Å²) in [5.74, 6) is 0.738. The number of anilines is 1. The van der Waals surface area contributed by atoms with Gasteiger partial charge in [0.25, 0.3) is 5.91 Å². The minimum Gasteiger partial charge on any atom is -0.482 e. The Morgan fingerprint density at radius 2 is 1.89 bits per heavy atom. The highest BCUT2D eigenvalue weighted by Crippen LogP contribution is 2.47. The molecule has 8 rings (SSSR count). The van der Waals surface area contributed by atoms with Gasteiger partial charge in [-0.3, -0.25) is 9.20 Å². The molecule has 14 heteroatoms. The number of rotatable bonds is 9.